The average Bonchev–Trinajstić information content (AvgIpc) is 2.14. The smallest absolute Gasteiger partial charge is 0.0594 e. The van der Waals surface area contributed by atoms with E-state index in [0.717, 1.165) is 51.7 Å². The number of thiol groups is 1. The highest BCUT2D eigenvalue weighted by molar-refractivity contribution is 7.80. The third kappa shape index (κ3) is 4.30. The molecule has 3 nitrogen and oxygen atoms in total. The first-order valence-electron chi connectivity index (χ1n) is 4.55. The average molecular weight is 190 g/mol. The zero-order chi connectivity index (χ0) is 8.65. The van der Waals surface area contributed by atoms with Crippen LogP contribution in [0.15, 0.2) is 0 Å². The number of hydrogen-bond donors (Lipinski definition) is 2. The molecule has 0 amide bonds. The van der Waals surface area contributed by atoms with Crippen LogP contribution in [0.5, 0.6) is 0 Å². The molecule has 0 unspecified atom stereocenters. The van der Waals surface area contributed by atoms with Gasteiger partial charge in [-0.3, -0.25) is 4.90 Å². The lowest BCUT2D eigenvalue weighted by Crippen LogP contribution is -2.40. The van der Waals surface area contributed by atoms with Crippen molar-refractivity contribution < 1.29 is 4.74 Å². The summed E-state index contributed by atoms with van der Waals surface area (Å²) in [5, 5.41) is 3.32. The molecule has 1 rings (SSSR count). The van der Waals surface area contributed by atoms with Crippen molar-refractivity contribution in [2.45, 2.75) is 0 Å². The van der Waals surface area contributed by atoms with Gasteiger partial charge >= 0.3 is 0 Å². The minimum Gasteiger partial charge on any atom is -0.379 e. The molecule has 12 heavy (non-hydrogen) atoms. The van der Waals surface area contributed by atoms with Crippen LogP contribution in [0.25, 0.3) is 0 Å². The van der Waals surface area contributed by atoms with Crippen molar-refractivity contribution in [3.63, 3.8) is 0 Å². The van der Waals surface area contributed by atoms with Crippen LogP contribution in [0.2, 0.25) is 0 Å². The maximum atomic E-state index is 5.25. The van der Waals surface area contributed by atoms with Crippen LogP contribution < -0.4 is 5.32 Å². The number of morpholine rings is 1. The van der Waals surface area contributed by atoms with Crippen molar-refractivity contribution in [1.29, 1.82) is 0 Å². The van der Waals surface area contributed by atoms with E-state index in [1.165, 1.54) is 0 Å². The summed E-state index contributed by atoms with van der Waals surface area (Å²) < 4.78 is 5.25. The number of hydrogen-bond acceptors (Lipinski definition) is 4. The van der Waals surface area contributed by atoms with Crippen LogP contribution in [0.3, 0.4) is 0 Å². The highest BCUT2D eigenvalue weighted by atomic mass is 32.1. The van der Waals surface area contributed by atoms with E-state index in [9.17, 15) is 0 Å². The van der Waals surface area contributed by atoms with E-state index < -0.39 is 0 Å². The van der Waals surface area contributed by atoms with Gasteiger partial charge in [0.25, 0.3) is 0 Å². The van der Waals surface area contributed by atoms with E-state index in [0.29, 0.717) is 0 Å². The second kappa shape index (κ2) is 6.71. The fourth-order valence-electron chi connectivity index (χ4n) is 1.27. The molecule has 1 N–H and O–H groups in total. The monoisotopic (exact) mass is 190 g/mol. The summed E-state index contributed by atoms with van der Waals surface area (Å²) in [6.07, 6.45) is 0. The Morgan fingerprint density at radius 1 is 1.25 bits per heavy atom. The fourth-order valence-corrected chi connectivity index (χ4v) is 1.42. The molecular weight excluding hydrogens is 172 g/mol. The van der Waals surface area contributed by atoms with Crippen LogP contribution in [0.1, 0.15) is 0 Å². The van der Waals surface area contributed by atoms with E-state index in [2.05, 4.69) is 22.8 Å². The normalized spacial score (nSPS) is 19.8. The van der Waals surface area contributed by atoms with Gasteiger partial charge in [-0.25, -0.2) is 0 Å². The van der Waals surface area contributed by atoms with Gasteiger partial charge in [0.2, 0.25) is 0 Å². The SMILES string of the molecule is SCCNCCN1CCOCC1. The van der Waals surface area contributed by atoms with Crippen molar-refractivity contribution in [2.24, 2.45) is 0 Å². The molecule has 1 fully saturated rings. The van der Waals surface area contributed by atoms with Crippen LogP contribution in [-0.4, -0.2) is 56.6 Å². The zero-order valence-corrected chi connectivity index (χ0v) is 8.35. The fraction of sp³-hybridized carbons (Fsp3) is 1.00. The number of ether oxygens (including phenoxy) is 1. The summed E-state index contributed by atoms with van der Waals surface area (Å²) in [7, 11) is 0. The van der Waals surface area contributed by atoms with Gasteiger partial charge in [0.05, 0.1) is 13.2 Å². The summed E-state index contributed by atoms with van der Waals surface area (Å²) in [6.45, 7) is 7.18. The van der Waals surface area contributed by atoms with Crippen LogP contribution in [0.4, 0.5) is 0 Å². The van der Waals surface area contributed by atoms with Crippen LogP contribution >= 0.6 is 12.6 Å². The maximum absolute atomic E-state index is 5.25. The third-order valence-corrected chi connectivity index (χ3v) is 2.22. The molecule has 0 aromatic heterocycles. The van der Waals surface area contributed by atoms with Gasteiger partial charge in [0.15, 0.2) is 0 Å². The van der Waals surface area contributed by atoms with Crippen molar-refractivity contribution >= 4 is 12.6 Å². The minimum atomic E-state index is 0.895. The van der Waals surface area contributed by atoms with E-state index in [1.807, 2.05) is 0 Å². The largest absolute Gasteiger partial charge is 0.379 e. The van der Waals surface area contributed by atoms with Gasteiger partial charge in [-0.2, -0.15) is 12.6 Å². The lowest BCUT2D eigenvalue weighted by molar-refractivity contribution is 0.0385. The number of nitrogens with zero attached hydrogens (tertiary/aromatic N) is 1. The van der Waals surface area contributed by atoms with Gasteiger partial charge in [0, 0.05) is 38.5 Å². The van der Waals surface area contributed by atoms with Gasteiger partial charge in [-0.15, -0.1) is 0 Å². The molecule has 0 bridgehead atoms. The van der Waals surface area contributed by atoms with E-state index in [1.54, 1.807) is 0 Å². The highest BCUT2D eigenvalue weighted by Crippen LogP contribution is 1.94. The van der Waals surface area contributed by atoms with E-state index in [-0.39, 0.29) is 0 Å². The highest BCUT2D eigenvalue weighted by Gasteiger charge is 2.08. The molecule has 0 aromatic carbocycles. The predicted octanol–water partition coefficient (Wildman–Crippen LogP) is -0.162. The summed E-state index contributed by atoms with van der Waals surface area (Å²) >= 11 is 4.12. The van der Waals surface area contributed by atoms with Crippen molar-refractivity contribution in [3.05, 3.63) is 0 Å². The molecular formula is C8H18N2OS. The lowest BCUT2D eigenvalue weighted by atomic mass is 10.4. The Labute approximate surface area is 79.9 Å². The van der Waals surface area contributed by atoms with Crippen molar-refractivity contribution in [1.82, 2.24) is 10.2 Å². The van der Waals surface area contributed by atoms with Crippen LogP contribution in [-0.2, 0) is 4.74 Å². The molecule has 4 heteroatoms. The Hall–Kier alpha value is 0.230. The Morgan fingerprint density at radius 2 is 2.00 bits per heavy atom. The Bertz CT molecular complexity index is 107. The molecule has 0 aromatic rings. The van der Waals surface area contributed by atoms with Gasteiger partial charge in [-0.1, -0.05) is 0 Å². The topological polar surface area (TPSA) is 24.5 Å². The molecule has 1 aliphatic heterocycles. The molecule has 72 valence electrons. The van der Waals surface area contributed by atoms with Crippen molar-refractivity contribution in [3.8, 4) is 0 Å². The zero-order valence-electron chi connectivity index (χ0n) is 7.46. The van der Waals surface area contributed by atoms with Crippen molar-refractivity contribution in [2.75, 3.05) is 51.7 Å². The molecule has 0 spiro atoms. The molecule has 0 atom stereocenters. The van der Waals surface area contributed by atoms with E-state index >= 15 is 0 Å². The molecule has 0 saturated carbocycles. The molecule has 1 heterocycles. The first-order chi connectivity index (χ1) is 5.93. The quantitative estimate of drug-likeness (QED) is 0.465. The van der Waals surface area contributed by atoms with Gasteiger partial charge in [0.1, 0.15) is 0 Å². The Morgan fingerprint density at radius 3 is 2.67 bits per heavy atom. The van der Waals surface area contributed by atoms with Gasteiger partial charge < -0.3 is 10.1 Å². The second-order valence-electron chi connectivity index (χ2n) is 2.93. The van der Waals surface area contributed by atoms with Gasteiger partial charge in [-0.05, 0) is 0 Å². The summed E-state index contributed by atoms with van der Waals surface area (Å²) in [5.41, 5.74) is 0. The number of nitrogens with one attached hydrogen (secondary N) is 1. The van der Waals surface area contributed by atoms with Crippen LogP contribution in [0, 0.1) is 0 Å². The summed E-state index contributed by atoms with van der Waals surface area (Å²) in [5.74, 6) is 0.920. The minimum absolute atomic E-state index is 0.895. The first kappa shape index (κ1) is 10.3. The second-order valence-corrected chi connectivity index (χ2v) is 3.37. The standard InChI is InChI=1S/C8H18N2OS/c12-8-2-9-1-3-10-4-6-11-7-5-10/h9,12H,1-8H2. The molecule has 1 saturated heterocycles. The third-order valence-electron chi connectivity index (χ3n) is 2.00. The lowest BCUT2D eigenvalue weighted by Gasteiger charge is -2.26. The Kier molecular flexibility index (Phi) is 5.77. The Balaban J connectivity index is 1.91. The number of rotatable bonds is 5. The maximum Gasteiger partial charge on any atom is 0.0594 e. The molecule has 0 radical (unpaired) electrons. The summed E-state index contributed by atoms with van der Waals surface area (Å²) in [4.78, 5) is 2.43. The molecule has 1 aliphatic rings. The van der Waals surface area contributed by atoms with E-state index in [4.69, 9.17) is 4.74 Å². The summed E-state index contributed by atoms with van der Waals surface area (Å²) in [6, 6.07) is 0. The first-order valence-corrected chi connectivity index (χ1v) is 5.18. The predicted molar refractivity (Wildman–Crippen MR) is 54.0 cm³/mol. The molecule has 0 aliphatic carbocycles.